The van der Waals surface area contributed by atoms with Gasteiger partial charge in [-0.1, -0.05) is 49.1 Å². The first kappa shape index (κ1) is 25.3. The van der Waals surface area contributed by atoms with Gasteiger partial charge in [0.05, 0.1) is 0 Å². The van der Waals surface area contributed by atoms with Crippen molar-refractivity contribution in [3.05, 3.63) is 84.5 Å². The lowest BCUT2D eigenvalue weighted by molar-refractivity contribution is -0.111. The molecule has 6 heteroatoms. The largest absolute Gasteiger partial charge is 0.322 e. The number of allylic oxidation sites excluding steroid dienone is 2. The molecule has 0 spiro atoms. The molecule has 1 saturated carbocycles. The van der Waals surface area contributed by atoms with Crippen molar-refractivity contribution in [1.29, 1.82) is 0 Å². The van der Waals surface area contributed by atoms with Gasteiger partial charge in [0.1, 0.15) is 0 Å². The molecular weight excluding hydrogens is 460 g/mol. The molecular formula is C31H38N4O2. The quantitative estimate of drug-likeness (QED) is 0.356. The summed E-state index contributed by atoms with van der Waals surface area (Å²) in [6.07, 6.45) is 10.7. The number of fused-ring (bicyclic) bond motifs is 2. The zero-order valence-corrected chi connectivity index (χ0v) is 21.7. The van der Waals surface area contributed by atoms with Crippen LogP contribution in [-0.2, 0) is 11.3 Å². The topological polar surface area (TPSA) is 64.7 Å². The second-order valence-corrected chi connectivity index (χ2v) is 10.9. The molecule has 1 heterocycles. The Morgan fingerprint density at radius 3 is 2.57 bits per heavy atom. The molecule has 3 aliphatic rings. The summed E-state index contributed by atoms with van der Waals surface area (Å²) in [5, 5.41) is 6.02. The zero-order chi connectivity index (χ0) is 25.8. The molecule has 1 saturated heterocycles. The Hall–Kier alpha value is -3.38. The second-order valence-electron chi connectivity index (χ2n) is 10.9. The molecule has 1 aliphatic heterocycles. The molecule has 2 aromatic carbocycles. The van der Waals surface area contributed by atoms with Crippen LogP contribution >= 0.6 is 0 Å². The van der Waals surface area contributed by atoms with Crippen LogP contribution in [0.1, 0.15) is 36.8 Å². The van der Waals surface area contributed by atoms with Crippen LogP contribution < -0.4 is 10.6 Å². The molecule has 5 rings (SSSR count). The van der Waals surface area contributed by atoms with E-state index in [9.17, 15) is 9.59 Å². The lowest BCUT2D eigenvalue weighted by Crippen LogP contribution is -2.49. The predicted molar refractivity (Wildman–Crippen MR) is 149 cm³/mol. The predicted octanol–water partition coefficient (Wildman–Crippen LogP) is 5.83. The van der Waals surface area contributed by atoms with Crippen molar-refractivity contribution in [2.24, 2.45) is 17.8 Å². The van der Waals surface area contributed by atoms with E-state index in [-0.39, 0.29) is 18.0 Å². The Kier molecular flexibility index (Phi) is 7.75. The van der Waals surface area contributed by atoms with Crippen LogP contribution in [0, 0.1) is 24.7 Å². The van der Waals surface area contributed by atoms with Crippen LogP contribution in [0.3, 0.4) is 0 Å². The number of para-hydroxylation sites is 1. The van der Waals surface area contributed by atoms with Gasteiger partial charge in [-0.3, -0.25) is 4.79 Å². The summed E-state index contributed by atoms with van der Waals surface area (Å²) in [4.78, 5) is 30.2. The van der Waals surface area contributed by atoms with Gasteiger partial charge in [0.25, 0.3) is 0 Å². The van der Waals surface area contributed by atoms with E-state index < -0.39 is 0 Å². The molecule has 2 bridgehead atoms. The molecule has 194 valence electrons. The minimum absolute atomic E-state index is 0.104. The summed E-state index contributed by atoms with van der Waals surface area (Å²) in [5.74, 6) is 2.09. The highest BCUT2D eigenvalue weighted by molar-refractivity contribution is 5.99. The number of amides is 3. The van der Waals surface area contributed by atoms with Crippen LogP contribution in [0.5, 0.6) is 0 Å². The number of hydrogen-bond acceptors (Lipinski definition) is 3. The minimum atomic E-state index is -0.257. The second kappa shape index (κ2) is 11.3. The number of rotatable bonds is 8. The number of urea groups is 1. The van der Waals surface area contributed by atoms with Gasteiger partial charge in [-0.05, 0) is 85.8 Å². The van der Waals surface area contributed by atoms with E-state index in [4.69, 9.17) is 0 Å². The monoisotopic (exact) mass is 498 g/mol. The Bertz CT molecular complexity index is 1170. The van der Waals surface area contributed by atoms with E-state index in [0.29, 0.717) is 12.2 Å². The molecule has 37 heavy (non-hydrogen) atoms. The molecule has 2 fully saturated rings. The fourth-order valence-electron chi connectivity index (χ4n) is 6.28. The summed E-state index contributed by atoms with van der Waals surface area (Å²) in [5.41, 5.74) is 3.52. The van der Waals surface area contributed by atoms with E-state index in [1.54, 1.807) is 0 Å². The van der Waals surface area contributed by atoms with E-state index in [0.717, 1.165) is 60.5 Å². The maximum atomic E-state index is 13.7. The van der Waals surface area contributed by atoms with Crippen molar-refractivity contribution < 1.29 is 9.59 Å². The molecule has 2 aromatic rings. The summed E-state index contributed by atoms with van der Waals surface area (Å²) >= 11 is 0. The van der Waals surface area contributed by atoms with E-state index >= 15 is 0 Å². The number of benzene rings is 2. The first-order chi connectivity index (χ1) is 18.0. The van der Waals surface area contributed by atoms with Gasteiger partial charge in [0.15, 0.2) is 0 Å². The Morgan fingerprint density at radius 1 is 1.05 bits per heavy atom. The maximum absolute atomic E-state index is 13.7. The third-order valence-electron chi connectivity index (χ3n) is 8.24. The van der Waals surface area contributed by atoms with E-state index in [1.165, 1.54) is 25.5 Å². The Morgan fingerprint density at radius 2 is 1.86 bits per heavy atom. The van der Waals surface area contributed by atoms with E-state index in [2.05, 4.69) is 34.3 Å². The fourth-order valence-corrected chi connectivity index (χ4v) is 6.28. The molecule has 0 aromatic heterocycles. The fraction of sp³-hybridized carbons (Fsp3) is 0.419. The SMILES string of the molecule is C=CC(=O)Nc1ccccc1CN(C(=O)Nc1cccc(C)c1)C1CCN(CC2CC3C=CC2C3)CC1. The normalized spacial score (nSPS) is 23.1. The molecule has 6 nitrogen and oxygen atoms in total. The molecule has 2 N–H and O–H groups in total. The van der Waals surface area contributed by atoms with Crippen LogP contribution in [-0.4, -0.2) is 47.4 Å². The number of carbonyl (C=O) groups excluding carboxylic acids is 2. The average Bonchev–Trinajstić information content (AvgIpc) is 3.52. The van der Waals surface area contributed by atoms with Gasteiger partial charge in [-0.15, -0.1) is 0 Å². The average molecular weight is 499 g/mol. The molecule has 3 unspecified atom stereocenters. The summed E-state index contributed by atoms with van der Waals surface area (Å²) < 4.78 is 0. The van der Waals surface area contributed by atoms with Crippen LogP contribution in [0.2, 0.25) is 0 Å². The number of nitrogens with zero attached hydrogens (tertiary/aromatic N) is 2. The smallest absolute Gasteiger partial charge is 0.322 e. The van der Waals surface area contributed by atoms with Gasteiger partial charge in [-0.2, -0.15) is 0 Å². The summed E-state index contributed by atoms with van der Waals surface area (Å²) in [6.45, 7) is 9.19. The summed E-state index contributed by atoms with van der Waals surface area (Å²) in [6, 6.07) is 15.6. The number of likely N-dealkylation sites (tertiary alicyclic amines) is 1. The van der Waals surface area contributed by atoms with Gasteiger partial charge in [0.2, 0.25) is 5.91 Å². The first-order valence-electron chi connectivity index (χ1n) is 13.5. The minimum Gasteiger partial charge on any atom is -0.322 e. The third kappa shape index (κ3) is 6.13. The van der Waals surface area contributed by atoms with Crippen LogP contribution in [0.4, 0.5) is 16.2 Å². The van der Waals surface area contributed by atoms with Gasteiger partial charge >= 0.3 is 6.03 Å². The highest BCUT2D eigenvalue weighted by Gasteiger charge is 2.37. The van der Waals surface area contributed by atoms with Crippen molar-refractivity contribution in [1.82, 2.24) is 9.80 Å². The number of hydrogen-bond donors (Lipinski definition) is 2. The number of nitrogens with one attached hydrogen (secondary N) is 2. The Labute approximate surface area is 220 Å². The van der Waals surface area contributed by atoms with Crippen molar-refractivity contribution in [3.63, 3.8) is 0 Å². The van der Waals surface area contributed by atoms with Crippen molar-refractivity contribution in [2.75, 3.05) is 30.3 Å². The number of anilines is 2. The van der Waals surface area contributed by atoms with Crippen LogP contribution in [0.15, 0.2) is 73.3 Å². The molecule has 0 radical (unpaired) electrons. The highest BCUT2D eigenvalue weighted by Crippen LogP contribution is 2.43. The van der Waals surface area contributed by atoms with E-state index in [1.807, 2.05) is 60.4 Å². The van der Waals surface area contributed by atoms with Crippen LogP contribution in [0.25, 0.3) is 0 Å². The Balaban J connectivity index is 1.29. The van der Waals surface area contributed by atoms with Gasteiger partial charge in [0, 0.05) is 43.6 Å². The zero-order valence-electron chi connectivity index (χ0n) is 21.7. The number of aryl methyl sites for hydroxylation is 1. The number of piperidine rings is 1. The molecule has 2 aliphatic carbocycles. The first-order valence-corrected chi connectivity index (χ1v) is 13.5. The standard InChI is InChI=1S/C31H38N4O2/c1-3-30(36)33-29-10-5-4-8-25(29)21-35(31(37)32-27-9-6-7-22(2)17-27)28-13-15-34(16-14-28)20-26-19-23-11-12-24(26)18-23/h3-12,17,23-24,26,28H,1,13-16,18-21H2,2H3,(H,32,37)(H,33,36). The third-order valence-corrected chi connectivity index (χ3v) is 8.24. The van der Waals surface area contributed by atoms with Crippen molar-refractivity contribution >= 4 is 23.3 Å². The van der Waals surface area contributed by atoms with Gasteiger partial charge in [-0.25, -0.2) is 4.79 Å². The van der Waals surface area contributed by atoms with Crippen molar-refractivity contribution in [2.45, 2.75) is 45.2 Å². The number of carbonyl (C=O) groups is 2. The summed E-state index contributed by atoms with van der Waals surface area (Å²) in [7, 11) is 0. The van der Waals surface area contributed by atoms with Crippen molar-refractivity contribution in [3.8, 4) is 0 Å². The molecule has 3 amide bonds. The maximum Gasteiger partial charge on any atom is 0.322 e. The molecule has 3 atom stereocenters. The highest BCUT2D eigenvalue weighted by atomic mass is 16.2. The van der Waals surface area contributed by atoms with Gasteiger partial charge < -0.3 is 20.4 Å². The lowest BCUT2D eigenvalue weighted by Gasteiger charge is -2.40. The lowest BCUT2D eigenvalue weighted by atomic mass is 9.92.